The van der Waals surface area contributed by atoms with Crippen LogP contribution >= 0.6 is 0 Å². The summed E-state index contributed by atoms with van der Waals surface area (Å²) in [5.41, 5.74) is 5.06. The van der Waals surface area contributed by atoms with Gasteiger partial charge in [0.1, 0.15) is 28.7 Å². The number of aromatic nitrogens is 5. The van der Waals surface area contributed by atoms with Crippen LogP contribution in [-0.2, 0) is 41.8 Å². The van der Waals surface area contributed by atoms with Crippen molar-refractivity contribution in [2.24, 2.45) is 0 Å². The molecule has 0 saturated heterocycles. The molecule has 6 aromatic rings. The number of ether oxygens (including phenoxy) is 3. The Hall–Kier alpha value is -6.24. The number of rotatable bonds is 15. The van der Waals surface area contributed by atoms with Crippen LogP contribution in [0.15, 0.2) is 87.7 Å². The summed E-state index contributed by atoms with van der Waals surface area (Å²) < 4.78 is 26.9. The number of hydrogen-bond acceptors (Lipinski definition) is 11. The fourth-order valence-electron chi connectivity index (χ4n) is 5.46. The largest absolute Gasteiger partial charge is 0.493 e. The molecule has 53 heavy (non-hydrogen) atoms. The fraction of sp³-hybridized carbons (Fsp3) is 0.300. The normalized spacial score (nSPS) is 10.7. The highest BCUT2D eigenvalue weighted by Crippen LogP contribution is 2.18. The SMILES string of the molecule is COC(=O)Cc1ccc(OCCc2nc(C)oc2C)cc1.Cc1nc(CCOc2ccc(Cc3nn(Cc4ccccc4)nc3C(=O)O)cc2)c(C)o1. The number of aryl methyl sites for hydroxylation is 4. The number of carbonyl (C=O) groups is 2. The second kappa shape index (κ2) is 18.3. The number of nitrogens with zero attached hydrogens (tertiary/aromatic N) is 5. The molecule has 1 N–H and O–H groups in total. The highest BCUT2D eigenvalue weighted by Gasteiger charge is 2.18. The molecular weight excluding hydrogens is 678 g/mol. The molecule has 0 radical (unpaired) electrons. The van der Waals surface area contributed by atoms with Crippen LogP contribution in [0.3, 0.4) is 0 Å². The molecule has 3 aromatic carbocycles. The second-order valence-corrected chi connectivity index (χ2v) is 12.2. The van der Waals surface area contributed by atoms with E-state index in [1.54, 1.807) is 0 Å². The van der Waals surface area contributed by atoms with Crippen molar-refractivity contribution in [1.29, 1.82) is 0 Å². The van der Waals surface area contributed by atoms with E-state index in [1.807, 2.05) is 107 Å². The third-order valence-corrected chi connectivity index (χ3v) is 8.10. The van der Waals surface area contributed by atoms with Crippen molar-refractivity contribution >= 4 is 11.9 Å². The van der Waals surface area contributed by atoms with E-state index in [-0.39, 0.29) is 18.1 Å². The molecule has 0 saturated carbocycles. The monoisotopic (exact) mass is 721 g/mol. The first-order valence-corrected chi connectivity index (χ1v) is 17.1. The van der Waals surface area contributed by atoms with Crippen molar-refractivity contribution in [2.45, 2.75) is 59.9 Å². The first-order chi connectivity index (χ1) is 25.6. The molecule has 0 aliphatic rings. The Kier molecular flexibility index (Phi) is 13.1. The number of carboxylic acid groups (broad SMARTS) is 1. The molecule has 0 aliphatic carbocycles. The van der Waals surface area contributed by atoms with E-state index in [0.29, 0.717) is 56.5 Å². The Morgan fingerprint density at radius 3 is 1.68 bits per heavy atom. The summed E-state index contributed by atoms with van der Waals surface area (Å²) in [5, 5.41) is 18.1. The van der Waals surface area contributed by atoms with Crippen LogP contribution in [0.1, 0.15) is 67.6 Å². The smallest absolute Gasteiger partial charge is 0.358 e. The predicted molar refractivity (Wildman–Crippen MR) is 194 cm³/mol. The molecule has 0 aliphatic heterocycles. The Bertz CT molecular complexity index is 2080. The third kappa shape index (κ3) is 11.4. The summed E-state index contributed by atoms with van der Waals surface area (Å²) >= 11 is 0. The van der Waals surface area contributed by atoms with Crippen molar-refractivity contribution < 1.29 is 37.7 Å². The number of carbonyl (C=O) groups excluding carboxylic acids is 1. The van der Waals surface area contributed by atoms with E-state index in [9.17, 15) is 14.7 Å². The van der Waals surface area contributed by atoms with Gasteiger partial charge in [0.2, 0.25) is 0 Å². The zero-order chi connectivity index (χ0) is 37.7. The number of oxazole rings is 2. The molecule has 6 rings (SSSR count). The van der Waals surface area contributed by atoms with E-state index in [4.69, 9.17) is 18.3 Å². The van der Waals surface area contributed by atoms with Crippen LogP contribution in [0.4, 0.5) is 0 Å². The summed E-state index contributed by atoms with van der Waals surface area (Å²) in [4.78, 5) is 32.9. The molecule has 0 unspecified atom stereocenters. The van der Waals surface area contributed by atoms with Gasteiger partial charge in [0.25, 0.3) is 0 Å². The molecule has 276 valence electrons. The van der Waals surface area contributed by atoms with Crippen LogP contribution in [0.5, 0.6) is 11.5 Å². The minimum absolute atomic E-state index is 0.0282. The molecule has 0 fully saturated rings. The van der Waals surface area contributed by atoms with Crippen LogP contribution in [-0.4, -0.2) is 62.3 Å². The lowest BCUT2D eigenvalue weighted by molar-refractivity contribution is -0.139. The van der Waals surface area contributed by atoms with E-state index < -0.39 is 5.97 Å². The molecule has 13 nitrogen and oxygen atoms in total. The van der Waals surface area contributed by atoms with Gasteiger partial charge < -0.3 is 28.2 Å². The number of benzene rings is 3. The zero-order valence-corrected chi connectivity index (χ0v) is 30.5. The van der Waals surface area contributed by atoms with Gasteiger partial charge in [-0.05, 0) is 54.8 Å². The number of aromatic carboxylic acids is 1. The first-order valence-electron chi connectivity index (χ1n) is 17.1. The van der Waals surface area contributed by atoms with Crippen molar-refractivity contribution in [2.75, 3.05) is 20.3 Å². The minimum Gasteiger partial charge on any atom is -0.493 e. The zero-order valence-electron chi connectivity index (χ0n) is 30.5. The van der Waals surface area contributed by atoms with Gasteiger partial charge in [-0.3, -0.25) is 4.79 Å². The van der Waals surface area contributed by atoms with Gasteiger partial charge in [-0.15, -0.1) is 5.10 Å². The quantitative estimate of drug-likeness (QED) is 0.115. The van der Waals surface area contributed by atoms with Crippen molar-refractivity contribution in [3.8, 4) is 11.5 Å². The topological polar surface area (TPSA) is 165 Å². The van der Waals surface area contributed by atoms with Gasteiger partial charge in [0, 0.05) is 33.1 Å². The maximum absolute atomic E-state index is 11.6. The average molecular weight is 722 g/mol. The molecule has 0 bridgehead atoms. The highest BCUT2D eigenvalue weighted by molar-refractivity contribution is 5.86. The van der Waals surface area contributed by atoms with Crippen LogP contribution in [0.25, 0.3) is 0 Å². The molecule has 3 heterocycles. The first kappa shape index (κ1) is 38.0. The molecule has 0 atom stereocenters. The standard InChI is InChI=1S/C24H24N4O4.C16H19NO4/c1-16-21(25-17(2)32-16)12-13-31-20-10-8-18(9-11-20)14-22-23(24(29)30)27-28(26-22)15-19-6-4-3-5-7-19;1-11-15(17-12(2)21-11)8-9-20-14-6-4-13(5-7-14)10-16(18)19-3/h3-11H,12-15H2,1-2H3,(H,29,30);4-7H,8-10H2,1-3H3. The van der Waals surface area contributed by atoms with Gasteiger partial charge in [0.15, 0.2) is 17.5 Å². The molecular formula is C40H43N5O8. The molecule has 13 heteroatoms. The summed E-state index contributed by atoms with van der Waals surface area (Å²) in [6.45, 7) is 8.89. The maximum atomic E-state index is 11.6. The minimum atomic E-state index is -1.09. The lowest BCUT2D eigenvalue weighted by Crippen LogP contribution is -2.05. The summed E-state index contributed by atoms with van der Waals surface area (Å²) in [6, 6.07) is 24.6. The van der Waals surface area contributed by atoms with E-state index in [0.717, 1.165) is 51.1 Å². The van der Waals surface area contributed by atoms with Gasteiger partial charge in [-0.25, -0.2) is 14.8 Å². The number of carboxylic acids is 1. The molecule has 3 aromatic heterocycles. The number of methoxy groups -OCH3 is 1. The Balaban J connectivity index is 0.000000224. The van der Waals surface area contributed by atoms with Crippen molar-refractivity contribution in [1.82, 2.24) is 25.0 Å². The Morgan fingerprint density at radius 1 is 0.679 bits per heavy atom. The summed E-state index contributed by atoms with van der Waals surface area (Å²) in [7, 11) is 1.38. The van der Waals surface area contributed by atoms with Gasteiger partial charge in [-0.1, -0.05) is 54.6 Å². The molecule has 0 amide bonds. The summed E-state index contributed by atoms with van der Waals surface area (Å²) in [5.74, 6) is 3.15. The van der Waals surface area contributed by atoms with Gasteiger partial charge >= 0.3 is 11.9 Å². The van der Waals surface area contributed by atoms with Gasteiger partial charge in [-0.2, -0.15) is 9.90 Å². The van der Waals surface area contributed by atoms with E-state index in [2.05, 4.69) is 24.9 Å². The Labute approximate surface area is 307 Å². The number of hydrogen-bond donors (Lipinski definition) is 1. The van der Waals surface area contributed by atoms with Crippen LogP contribution in [0, 0.1) is 27.7 Å². The van der Waals surface area contributed by atoms with E-state index >= 15 is 0 Å². The van der Waals surface area contributed by atoms with Gasteiger partial charge in [0.05, 0.1) is 44.7 Å². The second-order valence-electron chi connectivity index (χ2n) is 12.2. The van der Waals surface area contributed by atoms with E-state index in [1.165, 1.54) is 11.9 Å². The highest BCUT2D eigenvalue weighted by atomic mass is 16.5. The maximum Gasteiger partial charge on any atom is 0.358 e. The van der Waals surface area contributed by atoms with Crippen LogP contribution < -0.4 is 9.47 Å². The van der Waals surface area contributed by atoms with Crippen LogP contribution in [0.2, 0.25) is 0 Å². The summed E-state index contributed by atoms with van der Waals surface area (Å²) in [6.07, 6.45) is 2.01. The van der Waals surface area contributed by atoms with Crippen molar-refractivity contribution in [3.63, 3.8) is 0 Å². The molecule has 0 spiro atoms. The number of esters is 1. The lowest BCUT2D eigenvalue weighted by Gasteiger charge is -2.06. The fourth-order valence-corrected chi connectivity index (χ4v) is 5.46. The predicted octanol–water partition coefficient (Wildman–Crippen LogP) is 6.47. The average Bonchev–Trinajstić information content (AvgIpc) is 3.80. The lowest BCUT2D eigenvalue weighted by atomic mass is 10.1. The Morgan fingerprint density at radius 2 is 1.21 bits per heavy atom. The third-order valence-electron chi connectivity index (χ3n) is 8.10. The van der Waals surface area contributed by atoms with Crippen molar-refractivity contribution in [3.05, 3.63) is 142 Å².